The number of nitrogens with zero attached hydrogens (tertiary/aromatic N) is 4. The molecule has 2 atom stereocenters. The first-order valence-electron chi connectivity index (χ1n) is 12.6. The lowest BCUT2D eigenvalue weighted by Gasteiger charge is -2.38. The molecule has 1 aromatic carbocycles. The van der Waals surface area contributed by atoms with Crippen molar-refractivity contribution in [3.63, 3.8) is 0 Å². The molecule has 2 amide bonds. The second kappa shape index (κ2) is 11.1. The zero-order valence-corrected chi connectivity index (χ0v) is 20.7. The second-order valence-corrected chi connectivity index (χ2v) is 10.0. The van der Waals surface area contributed by atoms with E-state index < -0.39 is 11.7 Å². The Hall–Kier alpha value is -3.40. The number of carboxylic acid groups (broad SMARTS) is 1. The number of likely N-dealkylation sites (tertiary alicyclic amines) is 1. The van der Waals surface area contributed by atoms with E-state index in [1.165, 1.54) is 17.0 Å². The van der Waals surface area contributed by atoms with Crippen molar-refractivity contribution in [3.05, 3.63) is 58.6 Å². The van der Waals surface area contributed by atoms with Gasteiger partial charge in [-0.2, -0.15) is 0 Å². The minimum atomic E-state index is -1.09. The van der Waals surface area contributed by atoms with E-state index in [0.29, 0.717) is 44.7 Å². The van der Waals surface area contributed by atoms with Gasteiger partial charge in [0.15, 0.2) is 0 Å². The minimum Gasteiger partial charge on any atom is -0.465 e. The van der Waals surface area contributed by atoms with Gasteiger partial charge in [-0.05, 0) is 37.2 Å². The summed E-state index contributed by atoms with van der Waals surface area (Å²) in [6.07, 6.45) is 3.31. The number of nitrogens with one attached hydrogen (secondary N) is 1. The number of hydrogen-bond donors (Lipinski definition) is 3. The van der Waals surface area contributed by atoms with Crippen LogP contribution in [0.3, 0.4) is 0 Å². The maximum absolute atomic E-state index is 12.8. The molecule has 1 unspecified atom stereocenters. The van der Waals surface area contributed by atoms with Crippen LogP contribution in [-0.4, -0.2) is 74.5 Å². The van der Waals surface area contributed by atoms with Gasteiger partial charge in [-0.15, -0.1) is 0 Å². The molecule has 0 radical (unpaired) electrons. The molecule has 194 valence electrons. The third-order valence-corrected chi connectivity index (χ3v) is 7.39. The van der Waals surface area contributed by atoms with Crippen molar-refractivity contribution in [2.45, 2.75) is 63.1 Å². The normalized spacial score (nSPS) is 20.2. The highest BCUT2D eigenvalue weighted by atomic mass is 16.4. The molecule has 2 aromatic rings. The molecule has 2 aliphatic heterocycles. The molecule has 1 aromatic heterocycles. The summed E-state index contributed by atoms with van der Waals surface area (Å²) in [6, 6.07) is 11.4. The highest BCUT2D eigenvalue weighted by molar-refractivity contribution is 5.77. The molecule has 10 nitrogen and oxygen atoms in total. The molecule has 0 saturated carbocycles. The van der Waals surface area contributed by atoms with Gasteiger partial charge in [0.05, 0.1) is 18.5 Å². The summed E-state index contributed by atoms with van der Waals surface area (Å²) in [5.74, 6) is 0.720. The van der Waals surface area contributed by atoms with Gasteiger partial charge in [0.1, 0.15) is 5.82 Å². The average Bonchev–Trinajstić information content (AvgIpc) is 3.33. The summed E-state index contributed by atoms with van der Waals surface area (Å²) in [4.78, 5) is 44.7. The average molecular weight is 498 g/mol. The van der Waals surface area contributed by atoms with Crippen LogP contribution in [0.2, 0.25) is 0 Å². The number of benzene rings is 1. The first-order chi connectivity index (χ1) is 17.2. The molecule has 4 rings (SSSR count). The van der Waals surface area contributed by atoms with Gasteiger partial charge in [0.25, 0.3) is 5.56 Å². The van der Waals surface area contributed by atoms with Crippen molar-refractivity contribution in [1.29, 1.82) is 0 Å². The quantitative estimate of drug-likeness (QED) is 0.509. The topological polar surface area (TPSA) is 128 Å². The second-order valence-electron chi connectivity index (χ2n) is 10.0. The lowest BCUT2D eigenvalue weighted by Crippen LogP contribution is -2.49. The Morgan fingerprint density at radius 3 is 2.58 bits per heavy atom. The Labute approximate surface area is 210 Å². The van der Waals surface area contributed by atoms with Crippen LogP contribution in [-0.2, 0) is 11.3 Å². The smallest absolute Gasteiger partial charge is 0.404 e. The van der Waals surface area contributed by atoms with Gasteiger partial charge in [-0.1, -0.05) is 37.3 Å². The Balaban J connectivity index is 1.32. The summed E-state index contributed by atoms with van der Waals surface area (Å²) in [5, 5.41) is 22.4. The van der Waals surface area contributed by atoms with Gasteiger partial charge in [-0.3, -0.25) is 14.2 Å². The Morgan fingerprint density at radius 2 is 1.92 bits per heavy atom. The number of piperidine rings is 1. The van der Waals surface area contributed by atoms with Crippen molar-refractivity contribution < 1.29 is 19.8 Å². The number of hydrogen-bond acceptors (Lipinski definition) is 6. The largest absolute Gasteiger partial charge is 0.465 e. The van der Waals surface area contributed by atoms with Crippen molar-refractivity contribution in [3.8, 4) is 0 Å². The number of amides is 2. The molecule has 3 heterocycles. The van der Waals surface area contributed by atoms with Crippen molar-refractivity contribution in [2.24, 2.45) is 0 Å². The van der Waals surface area contributed by atoms with Crippen LogP contribution in [0.15, 0.2) is 47.5 Å². The predicted molar refractivity (Wildman–Crippen MR) is 135 cm³/mol. The summed E-state index contributed by atoms with van der Waals surface area (Å²) in [6.45, 7) is 4.04. The highest BCUT2D eigenvalue weighted by Crippen LogP contribution is 2.27. The Morgan fingerprint density at radius 1 is 1.19 bits per heavy atom. The molecular weight excluding hydrogens is 462 g/mol. The fraction of sp³-hybridized carbons (Fsp3) is 0.538. The Kier molecular flexibility index (Phi) is 7.93. The van der Waals surface area contributed by atoms with E-state index in [0.717, 1.165) is 18.4 Å². The standard InChI is InChI=1S/C26H35N5O5/c1-19(20-6-3-2-4-7-20)14-23(32)29-12-9-26(36,10-13-29)17-30-18-28-22(15-24(30)33)31-11-5-8-21(31)16-27-25(34)35/h2-4,6-7,15,18-19,21,27,36H,5,8-14,16-17H2,1H3,(H,34,35)/t19-,21?/m1/s1. The van der Waals surface area contributed by atoms with Crippen molar-refractivity contribution in [1.82, 2.24) is 19.8 Å². The lowest BCUT2D eigenvalue weighted by molar-refractivity contribution is -0.136. The molecular formula is C26H35N5O5. The molecule has 0 bridgehead atoms. The van der Waals surface area contributed by atoms with Gasteiger partial charge >= 0.3 is 6.09 Å². The minimum absolute atomic E-state index is 0.0421. The molecule has 2 aliphatic rings. The molecule has 10 heteroatoms. The monoisotopic (exact) mass is 497 g/mol. The fourth-order valence-corrected chi connectivity index (χ4v) is 5.18. The first-order valence-corrected chi connectivity index (χ1v) is 12.6. The summed E-state index contributed by atoms with van der Waals surface area (Å²) in [7, 11) is 0. The maximum Gasteiger partial charge on any atom is 0.404 e. The van der Waals surface area contributed by atoms with Crippen molar-refractivity contribution >= 4 is 17.8 Å². The van der Waals surface area contributed by atoms with E-state index in [2.05, 4.69) is 10.3 Å². The van der Waals surface area contributed by atoms with E-state index >= 15 is 0 Å². The number of rotatable bonds is 8. The van der Waals surface area contributed by atoms with E-state index in [9.17, 15) is 19.5 Å². The summed E-state index contributed by atoms with van der Waals surface area (Å²) < 4.78 is 1.42. The Bertz CT molecular complexity index is 1110. The molecule has 3 N–H and O–H groups in total. The van der Waals surface area contributed by atoms with Gasteiger partial charge in [0.2, 0.25) is 5.91 Å². The van der Waals surface area contributed by atoms with E-state index in [1.54, 1.807) is 4.90 Å². The van der Waals surface area contributed by atoms with Crippen LogP contribution in [0, 0.1) is 0 Å². The SMILES string of the molecule is C[C@H](CC(=O)N1CCC(O)(Cn2cnc(N3CCCC3CNC(=O)O)cc2=O)CC1)c1ccccc1. The molecule has 0 aliphatic carbocycles. The van der Waals surface area contributed by atoms with E-state index in [4.69, 9.17) is 5.11 Å². The lowest BCUT2D eigenvalue weighted by atomic mass is 9.90. The van der Waals surface area contributed by atoms with Crippen LogP contribution in [0.4, 0.5) is 10.6 Å². The van der Waals surface area contributed by atoms with Crippen LogP contribution in [0.5, 0.6) is 0 Å². The fourth-order valence-electron chi connectivity index (χ4n) is 5.18. The van der Waals surface area contributed by atoms with Crippen LogP contribution in [0.25, 0.3) is 0 Å². The highest BCUT2D eigenvalue weighted by Gasteiger charge is 2.35. The predicted octanol–water partition coefficient (Wildman–Crippen LogP) is 2.03. The number of aromatic nitrogens is 2. The molecule has 2 fully saturated rings. The zero-order valence-electron chi connectivity index (χ0n) is 20.7. The third kappa shape index (κ3) is 6.23. The van der Waals surface area contributed by atoms with Crippen molar-refractivity contribution in [2.75, 3.05) is 31.1 Å². The van der Waals surface area contributed by atoms with E-state index in [1.807, 2.05) is 42.2 Å². The van der Waals surface area contributed by atoms with Gasteiger partial charge < -0.3 is 25.3 Å². The maximum atomic E-state index is 12.8. The molecule has 36 heavy (non-hydrogen) atoms. The van der Waals surface area contributed by atoms with Gasteiger partial charge in [-0.25, -0.2) is 9.78 Å². The third-order valence-electron chi connectivity index (χ3n) is 7.39. The van der Waals surface area contributed by atoms with Crippen LogP contribution >= 0.6 is 0 Å². The number of carbonyl (C=O) groups is 2. The molecule has 2 saturated heterocycles. The summed E-state index contributed by atoms with van der Waals surface area (Å²) in [5.41, 5.74) is -0.218. The zero-order chi connectivity index (χ0) is 25.7. The number of aliphatic hydroxyl groups is 1. The van der Waals surface area contributed by atoms with Gasteiger partial charge in [0, 0.05) is 44.7 Å². The number of carbonyl (C=O) groups excluding carboxylic acids is 1. The van der Waals surface area contributed by atoms with E-state index in [-0.39, 0.29) is 36.5 Å². The number of anilines is 1. The first kappa shape index (κ1) is 25.7. The molecule has 0 spiro atoms. The van der Waals surface area contributed by atoms with Crippen LogP contribution in [0.1, 0.15) is 50.5 Å². The summed E-state index contributed by atoms with van der Waals surface area (Å²) >= 11 is 0. The van der Waals surface area contributed by atoms with Crippen LogP contribution < -0.4 is 15.8 Å².